The van der Waals surface area contributed by atoms with E-state index in [4.69, 9.17) is 10.00 Å². The number of nitrogens with one attached hydrogen (secondary N) is 1. The first-order valence-electron chi connectivity index (χ1n) is 7.49. The van der Waals surface area contributed by atoms with Crippen molar-refractivity contribution >= 4 is 11.8 Å². The number of anilines is 1. The number of amides is 1. The second-order valence-electron chi connectivity index (χ2n) is 5.35. The summed E-state index contributed by atoms with van der Waals surface area (Å²) in [6.45, 7) is 2.41. The lowest BCUT2D eigenvalue weighted by atomic mass is 10.1. The normalized spacial score (nSPS) is 13.7. The van der Waals surface area contributed by atoms with Gasteiger partial charge in [0.2, 0.25) is 0 Å². The number of nitrogens with zero attached hydrogens (tertiary/aromatic N) is 2. The van der Waals surface area contributed by atoms with E-state index in [0.717, 1.165) is 16.8 Å². The van der Waals surface area contributed by atoms with Gasteiger partial charge in [-0.25, -0.2) is 4.79 Å². The molecule has 5 heteroatoms. The summed E-state index contributed by atoms with van der Waals surface area (Å²) < 4.78 is 4.97. The highest BCUT2D eigenvalue weighted by atomic mass is 16.6. The van der Waals surface area contributed by atoms with Crippen molar-refractivity contribution < 1.29 is 9.53 Å². The van der Waals surface area contributed by atoms with Gasteiger partial charge in [0.1, 0.15) is 6.61 Å². The van der Waals surface area contributed by atoms with Crippen molar-refractivity contribution in [2.75, 3.05) is 18.1 Å². The van der Waals surface area contributed by atoms with Crippen LogP contribution in [0.2, 0.25) is 0 Å². The molecule has 0 spiro atoms. The van der Waals surface area contributed by atoms with Gasteiger partial charge in [-0.05, 0) is 35.4 Å². The number of rotatable bonds is 5. The Labute approximate surface area is 135 Å². The molecule has 0 atom stereocenters. The van der Waals surface area contributed by atoms with Crippen LogP contribution in [0.15, 0.2) is 48.5 Å². The van der Waals surface area contributed by atoms with Gasteiger partial charge in [-0.2, -0.15) is 5.26 Å². The van der Waals surface area contributed by atoms with Crippen LogP contribution in [-0.4, -0.2) is 19.2 Å². The zero-order valence-electron chi connectivity index (χ0n) is 12.7. The lowest BCUT2D eigenvalue weighted by molar-refractivity contribution is 0.181. The van der Waals surface area contributed by atoms with Crippen LogP contribution in [0.1, 0.15) is 16.7 Å². The van der Waals surface area contributed by atoms with Crippen molar-refractivity contribution in [3.8, 4) is 6.07 Å². The van der Waals surface area contributed by atoms with E-state index < -0.39 is 0 Å². The highest BCUT2D eigenvalue weighted by Gasteiger charge is 2.23. The smallest absolute Gasteiger partial charge is 0.414 e. The molecule has 1 fully saturated rings. The summed E-state index contributed by atoms with van der Waals surface area (Å²) in [5, 5.41) is 12.3. The molecule has 5 nitrogen and oxygen atoms in total. The van der Waals surface area contributed by atoms with Gasteiger partial charge in [0, 0.05) is 18.8 Å². The quantitative estimate of drug-likeness (QED) is 0.922. The van der Waals surface area contributed by atoms with Gasteiger partial charge >= 0.3 is 6.09 Å². The third-order valence-electron chi connectivity index (χ3n) is 3.70. The predicted octanol–water partition coefficient (Wildman–Crippen LogP) is 2.80. The Morgan fingerprint density at radius 1 is 1.13 bits per heavy atom. The second kappa shape index (κ2) is 6.95. The standard InChI is InChI=1S/C18H17N3O2/c19-11-14-3-1-4-15(9-14)12-20-13-16-5-2-6-17(10-16)21-7-8-23-18(21)22/h1-6,9-10,20H,7-8,12-13H2. The number of carbonyl (C=O) groups excluding carboxylic acids is 1. The number of cyclic esters (lactones) is 1. The predicted molar refractivity (Wildman–Crippen MR) is 86.8 cm³/mol. The molecule has 23 heavy (non-hydrogen) atoms. The van der Waals surface area contributed by atoms with E-state index >= 15 is 0 Å². The highest BCUT2D eigenvalue weighted by molar-refractivity contribution is 5.89. The molecule has 1 heterocycles. The average molecular weight is 307 g/mol. The number of hydrogen-bond donors (Lipinski definition) is 1. The van der Waals surface area contributed by atoms with Crippen LogP contribution in [0.25, 0.3) is 0 Å². The highest BCUT2D eigenvalue weighted by Crippen LogP contribution is 2.20. The van der Waals surface area contributed by atoms with E-state index in [9.17, 15) is 4.79 Å². The summed E-state index contributed by atoms with van der Waals surface area (Å²) in [6, 6.07) is 17.5. The lowest BCUT2D eigenvalue weighted by Gasteiger charge is -2.14. The molecular formula is C18H17N3O2. The molecule has 0 radical (unpaired) electrons. The maximum absolute atomic E-state index is 11.6. The van der Waals surface area contributed by atoms with Crippen LogP contribution >= 0.6 is 0 Å². The van der Waals surface area contributed by atoms with Crippen LogP contribution in [-0.2, 0) is 17.8 Å². The van der Waals surface area contributed by atoms with Gasteiger partial charge in [0.05, 0.1) is 18.2 Å². The minimum atomic E-state index is -0.288. The summed E-state index contributed by atoms with van der Waals surface area (Å²) >= 11 is 0. The molecule has 0 aromatic heterocycles. The second-order valence-corrected chi connectivity index (χ2v) is 5.35. The van der Waals surface area contributed by atoms with Crippen LogP contribution in [0.5, 0.6) is 0 Å². The summed E-state index contributed by atoms with van der Waals surface area (Å²) in [5.41, 5.74) is 3.69. The zero-order chi connectivity index (χ0) is 16.1. The zero-order valence-corrected chi connectivity index (χ0v) is 12.7. The SMILES string of the molecule is N#Cc1cccc(CNCc2cccc(N3CCOC3=O)c2)c1. The molecular weight excluding hydrogens is 290 g/mol. The molecule has 1 saturated heterocycles. The van der Waals surface area contributed by atoms with E-state index in [1.165, 1.54) is 0 Å². The van der Waals surface area contributed by atoms with Gasteiger partial charge in [-0.3, -0.25) is 4.90 Å². The van der Waals surface area contributed by atoms with Crippen molar-refractivity contribution in [2.24, 2.45) is 0 Å². The van der Waals surface area contributed by atoms with Gasteiger partial charge in [0.15, 0.2) is 0 Å². The van der Waals surface area contributed by atoms with Gasteiger partial charge < -0.3 is 10.1 Å². The Balaban J connectivity index is 1.60. The van der Waals surface area contributed by atoms with Crippen molar-refractivity contribution in [3.05, 3.63) is 65.2 Å². The van der Waals surface area contributed by atoms with Crippen molar-refractivity contribution in [1.82, 2.24) is 5.32 Å². The first-order chi connectivity index (χ1) is 11.3. The largest absolute Gasteiger partial charge is 0.447 e. The van der Waals surface area contributed by atoms with E-state index in [1.54, 1.807) is 11.0 Å². The summed E-state index contributed by atoms with van der Waals surface area (Å²) in [4.78, 5) is 13.2. The monoisotopic (exact) mass is 307 g/mol. The molecule has 1 N–H and O–H groups in total. The maximum atomic E-state index is 11.6. The Bertz CT molecular complexity index is 752. The maximum Gasteiger partial charge on any atom is 0.414 e. The fourth-order valence-corrected chi connectivity index (χ4v) is 2.56. The van der Waals surface area contributed by atoms with E-state index in [2.05, 4.69) is 11.4 Å². The van der Waals surface area contributed by atoms with Gasteiger partial charge in [0.25, 0.3) is 0 Å². The molecule has 0 unspecified atom stereocenters. The fourth-order valence-electron chi connectivity index (χ4n) is 2.56. The number of carbonyl (C=O) groups is 1. The average Bonchev–Trinajstić information content (AvgIpc) is 3.01. The lowest BCUT2D eigenvalue weighted by Crippen LogP contribution is -2.23. The van der Waals surface area contributed by atoms with E-state index in [-0.39, 0.29) is 6.09 Å². The van der Waals surface area contributed by atoms with Gasteiger partial charge in [-0.15, -0.1) is 0 Å². The number of ether oxygens (including phenoxy) is 1. The Hall–Kier alpha value is -2.84. The summed E-state index contributed by atoms with van der Waals surface area (Å²) in [6.07, 6.45) is -0.288. The molecule has 0 saturated carbocycles. The Morgan fingerprint density at radius 3 is 2.57 bits per heavy atom. The molecule has 2 aromatic rings. The minimum Gasteiger partial charge on any atom is -0.447 e. The van der Waals surface area contributed by atoms with Crippen LogP contribution in [0.4, 0.5) is 10.5 Å². The first-order valence-corrected chi connectivity index (χ1v) is 7.49. The van der Waals surface area contributed by atoms with Crippen molar-refractivity contribution in [2.45, 2.75) is 13.1 Å². The van der Waals surface area contributed by atoms with Crippen LogP contribution < -0.4 is 10.2 Å². The third kappa shape index (κ3) is 3.68. The molecule has 1 aliphatic heterocycles. The molecule has 1 amide bonds. The van der Waals surface area contributed by atoms with Crippen LogP contribution in [0.3, 0.4) is 0 Å². The number of hydrogen-bond acceptors (Lipinski definition) is 4. The summed E-state index contributed by atoms with van der Waals surface area (Å²) in [7, 11) is 0. The van der Waals surface area contributed by atoms with Gasteiger partial charge in [-0.1, -0.05) is 24.3 Å². The molecule has 2 aromatic carbocycles. The third-order valence-corrected chi connectivity index (χ3v) is 3.70. The molecule has 0 bridgehead atoms. The van der Waals surface area contributed by atoms with Crippen molar-refractivity contribution in [1.29, 1.82) is 5.26 Å². The topological polar surface area (TPSA) is 65.4 Å². The first kappa shape index (κ1) is 15.1. The Morgan fingerprint density at radius 2 is 1.87 bits per heavy atom. The van der Waals surface area contributed by atoms with Crippen molar-refractivity contribution in [3.63, 3.8) is 0 Å². The number of nitriles is 1. The Kier molecular flexibility index (Phi) is 4.55. The fraction of sp³-hybridized carbons (Fsp3) is 0.222. The minimum absolute atomic E-state index is 0.288. The van der Waals surface area contributed by atoms with E-state index in [0.29, 0.717) is 31.8 Å². The molecule has 0 aliphatic carbocycles. The summed E-state index contributed by atoms with van der Waals surface area (Å²) in [5.74, 6) is 0. The molecule has 1 aliphatic rings. The molecule has 116 valence electrons. The number of benzene rings is 2. The van der Waals surface area contributed by atoms with E-state index in [1.807, 2.05) is 42.5 Å². The van der Waals surface area contributed by atoms with Crippen LogP contribution in [0, 0.1) is 11.3 Å². The molecule has 3 rings (SSSR count).